The quantitative estimate of drug-likeness (QED) is 0.149. The van der Waals surface area contributed by atoms with Crippen molar-refractivity contribution in [3.8, 4) is 39.1 Å². The van der Waals surface area contributed by atoms with Crippen molar-refractivity contribution in [2.75, 3.05) is 4.90 Å². The average Bonchev–Trinajstić information content (AvgIpc) is 3.86. The third-order valence-corrected chi connectivity index (χ3v) is 13.1. The van der Waals surface area contributed by atoms with E-state index in [0.29, 0.717) is 0 Å². The molecule has 0 bridgehead atoms. The van der Waals surface area contributed by atoms with Gasteiger partial charge in [-0.25, -0.2) is 0 Å². The highest BCUT2D eigenvalue weighted by molar-refractivity contribution is 6.10. The van der Waals surface area contributed by atoms with Crippen LogP contribution in [0.3, 0.4) is 0 Å². The molecule has 0 spiro atoms. The van der Waals surface area contributed by atoms with E-state index in [0.717, 1.165) is 17.1 Å². The van der Waals surface area contributed by atoms with Crippen LogP contribution in [0.4, 0.5) is 17.1 Å². The maximum absolute atomic E-state index is 2.41. The first-order valence-electron chi connectivity index (χ1n) is 21.8. The van der Waals surface area contributed by atoms with E-state index in [1.165, 1.54) is 83.1 Å². The van der Waals surface area contributed by atoms with Gasteiger partial charge < -0.3 is 9.47 Å². The van der Waals surface area contributed by atoms with Gasteiger partial charge >= 0.3 is 0 Å². The summed E-state index contributed by atoms with van der Waals surface area (Å²) in [5.74, 6) is 0. The van der Waals surface area contributed by atoms with E-state index in [9.17, 15) is 0 Å². The molecule has 0 amide bonds. The van der Waals surface area contributed by atoms with Gasteiger partial charge in [0.05, 0.1) is 16.4 Å². The normalized spacial score (nSPS) is 12.6. The molecule has 0 N–H and O–H groups in total. The topological polar surface area (TPSA) is 8.17 Å². The molecule has 0 aliphatic heterocycles. The Hall–Kier alpha value is -8.20. The zero-order chi connectivity index (χ0) is 41.7. The Balaban J connectivity index is 0.912. The monoisotopic (exact) mass is 802 g/mol. The summed E-state index contributed by atoms with van der Waals surface area (Å²) < 4.78 is 2.38. The number of anilines is 3. The molecule has 0 atom stereocenters. The van der Waals surface area contributed by atoms with E-state index in [1.54, 1.807) is 0 Å². The molecule has 1 aliphatic carbocycles. The molecule has 10 aromatic carbocycles. The molecule has 12 rings (SSSR count). The lowest BCUT2D eigenvalue weighted by Gasteiger charge is -2.35. The summed E-state index contributed by atoms with van der Waals surface area (Å²) in [6, 6.07) is 93.1. The van der Waals surface area contributed by atoms with E-state index >= 15 is 0 Å². The molecule has 0 radical (unpaired) electrons. The molecule has 1 heterocycles. The Labute approximate surface area is 368 Å². The van der Waals surface area contributed by atoms with Crippen LogP contribution < -0.4 is 4.90 Å². The van der Waals surface area contributed by atoms with Gasteiger partial charge in [-0.2, -0.15) is 0 Å². The summed E-state index contributed by atoms with van der Waals surface area (Å²) in [5, 5.41) is 2.53. The Morgan fingerprint density at radius 2 is 0.778 bits per heavy atom. The number of hydrogen-bond donors (Lipinski definition) is 0. The lowest BCUT2D eigenvalue weighted by Crippen LogP contribution is -2.28. The number of hydrogen-bond acceptors (Lipinski definition) is 1. The number of fused-ring (bicyclic) bond motifs is 6. The lowest BCUT2D eigenvalue weighted by atomic mass is 9.67. The predicted octanol–water partition coefficient (Wildman–Crippen LogP) is 16.0. The van der Waals surface area contributed by atoms with E-state index in [4.69, 9.17) is 0 Å². The van der Waals surface area contributed by atoms with Gasteiger partial charge in [0.15, 0.2) is 0 Å². The van der Waals surface area contributed by atoms with Gasteiger partial charge in [-0.15, -0.1) is 0 Å². The molecule has 0 saturated carbocycles. The minimum Gasteiger partial charge on any atom is -0.310 e. The first kappa shape index (κ1) is 36.6. The molecule has 1 aromatic heterocycles. The van der Waals surface area contributed by atoms with Gasteiger partial charge in [0.2, 0.25) is 0 Å². The first-order chi connectivity index (χ1) is 31.3. The summed E-state index contributed by atoms with van der Waals surface area (Å²) in [7, 11) is 0. The Kier molecular flexibility index (Phi) is 8.76. The zero-order valence-electron chi connectivity index (χ0n) is 34.6. The van der Waals surface area contributed by atoms with Crippen LogP contribution in [-0.2, 0) is 5.41 Å². The lowest BCUT2D eigenvalue weighted by molar-refractivity contribution is 0.768. The van der Waals surface area contributed by atoms with Crippen molar-refractivity contribution in [3.05, 3.63) is 277 Å². The fourth-order valence-corrected chi connectivity index (χ4v) is 10.3. The van der Waals surface area contributed by atoms with Crippen LogP contribution in [0.15, 0.2) is 255 Å². The van der Waals surface area contributed by atoms with Crippen molar-refractivity contribution in [1.29, 1.82) is 0 Å². The van der Waals surface area contributed by atoms with Crippen molar-refractivity contribution in [2.24, 2.45) is 0 Å². The zero-order valence-corrected chi connectivity index (χ0v) is 34.6. The minimum atomic E-state index is -0.477. The fourth-order valence-electron chi connectivity index (χ4n) is 10.3. The van der Waals surface area contributed by atoms with Gasteiger partial charge in [-0.05, 0) is 116 Å². The van der Waals surface area contributed by atoms with Gasteiger partial charge in [0.25, 0.3) is 0 Å². The second kappa shape index (κ2) is 15.1. The third-order valence-electron chi connectivity index (χ3n) is 13.1. The van der Waals surface area contributed by atoms with Crippen LogP contribution >= 0.6 is 0 Å². The highest BCUT2D eigenvalue weighted by atomic mass is 15.1. The summed E-state index contributed by atoms with van der Waals surface area (Å²) in [5.41, 5.74) is 18.9. The maximum Gasteiger partial charge on any atom is 0.0714 e. The largest absolute Gasteiger partial charge is 0.310 e. The Morgan fingerprint density at radius 1 is 0.302 bits per heavy atom. The molecule has 0 saturated heterocycles. The van der Waals surface area contributed by atoms with Crippen molar-refractivity contribution in [2.45, 2.75) is 5.41 Å². The number of nitrogens with zero attached hydrogens (tertiary/aromatic N) is 2. The molecule has 2 heteroatoms. The average molecular weight is 803 g/mol. The SMILES string of the molecule is c1ccc(N(c2ccc(-c3ccc(-c4ccc5c6ccccc6n(-c6ccccc6)c5c4)cc3)cc2)c2cccc(C3(c4ccccc4)c4ccccc4-c4ccccc43)c2)cc1. The van der Waals surface area contributed by atoms with Crippen molar-refractivity contribution in [1.82, 2.24) is 4.57 Å². The third kappa shape index (κ3) is 5.95. The number of para-hydroxylation sites is 3. The predicted molar refractivity (Wildman–Crippen MR) is 264 cm³/mol. The van der Waals surface area contributed by atoms with Crippen molar-refractivity contribution < 1.29 is 0 Å². The van der Waals surface area contributed by atoms with Gasteiger partial charge in [0.1, 0.15) is 0 Å². The van der Waals surface area contributed by atoms with Gasteiger partial charge in [-0.1, -0.05) is 194 Å². The first-order valence-corrected chi connectivity index (χ1v) is 21.8. The van der Waals surface area contributed by atoms with Crippen LogP contribution in [0.5, 0.6) is 0 Å². The Bertz CT molecular complexity index is 3380. The molecule has 296 valence electrons. The summed E-state index contributed by atoms with van der Waals surface area (Å²) in [6.07, 6.45) is 0. The van der Waals surface area contributed by atoms with Crippen LogP contribution in [0, 0.1) is 0 Å². The maximum atomic E-state index is 2.41. The molecule has 0 unspecified atom stereocenters. The molecule has 63 heavy (non-hydrogen) atoms. The van der Waals surface area contributed by atoms with Gasteiger partial charge in [0, 0.05) is 33.5 Å². The van der Waals surface area contributed by atoms with Gasteiger partial charge in [-0.3, -0.25) is 0 Å². The van der Waals surface area contributed by atoms with Crippen molar-refractivity contribution in [3.63, 3.8) is 0 Å². The number of benzene rings is 10. The summed E-state index contributed by atoms with van der Waals surface area (Å²) in [6.45, 7) is 0. The van der Waals surface area contributed by atoms with Crippen LogP contribution in [0.25, 0.3) is 60.9 Å². The summed E-state index contributed by atoms with van der Waals surface area (Å²) >= 11 is 0. The molecule has 0 fully saturated rings. The standard InChI is InChI=1S/C61H42N2/c1-4-17-47(18-5-1)61(57-28-13-10-25-53(57)54-26-11-14-29-58(54)61)48-19-16-24-52(42-48)62(49-20-6-2-7-21-49)51-38-35-44(36-39-51)43-31-33-45(34-32-43)46-37-40-56-55-27-12-15-30-59(55)63(60(56)41-46)50-22-8-3-9-23-50/h1-42H. The highest BCUT2D eigenvalue weighted by Gasteiger charge is 2.46. The second-order valence-electron chi connectivity index (χ2n) is 16.5. The van der Waals surface area contributed by atoms with E-state index in [-0.39, 0.29) is 0 Å². The highest BCUT2D eigenvalue weighted by Crippen LogP contribution is 2.56. The summed E-state index contributed by atoms with van der Waals surface area (Å²) in [4.78, 5) is 2.38. The molecule has 2 nitrogen and oxygen atoms in total. The number of rotatable bonds is 8. The van der Waals surface area contributed by atoms with E-state index in [1.807, 2.05) is 0 Å². The van der Waals surface area contributed by atoms with E-state index in [2.05, 4.69) is 264 Å². The van der Waals surface area contributed by atoms with Crippen LogP contribution in [-0.4, -0.2) is 4.57 Å². The number of aromatic nitrogens is 1. The molecular weight excluding hydrogens is 761 g/mol. The fraction of sp³-hybridized carbons (Fsp3) is 0.0164. The van der Waals surface area contributed by atoms with Crippen molar-refractivity contribution >= 4 is 38.9 Å². The molecule has 1 aliphatic rings. The smallest absolute Gasteiger partial charge is 0.0714 e. The minimum absolute atomic E-state index is 0.477. The van der Waals surface area contributed by atoms with E-state index < -0.39 is 5.41 Å². The van der Waals surface area contributed by atoms with Crippen LogP contribution in [0.2, 0.25) is 0 Å². The molecular formula is C61H42N2. The van der Waals surface area contributed by atoms with Crippen LogP contribution in [0.1, 0.15) is 22.3 Å². The molecule has 11 aromatic rings. The second-order valence-corrected chi connectivity index (χ2v) is 16.5. The Morgan fingerprint density at radius 3 is 1.46 bits per heavy atom.